The molecule has 6 atom stereocenters. The summed E-state index contributed by atoms with van der Waals surface area (Å²) in [7, 11) is -3.58. The Morgan fingerprint density at radius 1 is 1.10 bits per heavy atom. The van der Waals surface area contributed by atoms with Crippen LogP contribution in [0.15, 0.2) is 96.4 Å². The number of hydrogen-bond acceptors (Lipinski definition) is 6. The Kier molecular flexibility index (Phi) is 11.8. The second-order valence-corrected chi connectivity index (χ2v) is 17.2. The number of anilines is 1. The fraction of sp³-hybridized carbons (Fsp3) is 0.429. The molecule has 8 nitrogen and oxygen atoms in total. The Balaban J connectivity index is 1.32. The fourth-order valence-electron chi connectivity index (χ4n) is 8.07. The lowest BCUT2D eigenvalue weighted by molar-refractivity contribution is 0.100. The molecule has 1 fully saturated rings. The first kappa shape index (κ1) is 37.7. The smallest absolute Gasteiger partial charge is 0.420 e. The monoisotopic (exact) mass is 743 g/mol. The average Bonchev–Trinajstić information content (AvgIpc) is 3.25. The SMILES string of the molecule is C=CC[C@H](C)CS(=O)(=NC(=O)c1ccc2c(c1)N(C[C@@H]1CC[C@H]1CC=C)C[C@@]1(CCCc3cc(Cl)ccc31)CO2)NC(=O)O[C@@H](C)c1ccccc1. The van der Waals surface area contributed by atoms with Gasteiger partial charge in [-0.15, -0.1) is 17.5 Å². The first-order chi connectivity index (χ1) is 25.0. The number of nitrogens with zero attached hydrogens (tertiary/aromatic N) is 2. The summed E-state index contributed by atoms with van der Waals surface area (Å²) in [6.07, 6.45) is 9.04. The van der Waals surface area contributed by atoms with Gasteiger partial charge in [0.15, 0.2) is 0 Å². The van der Waals surface area contributed by atoms with Gasteiger partial charge in [0.25, 0.3) is 5.91 Å². The van der Waals surface area contributed by atoms with Crippen LogP contribution >= 0.6 is 11.6 Å². The summed E-state index contributed by atoms with van der Waals surface area (Å²) in [6.45, 7) is 13.4. The van der Waals surface area contributed by atoms with E-state index in [0.717, 1.165) is 61.5 Å². The number of carbonyl (C=O) groups excluding carboxylic acids is 2. The number of nitrogens with one attached hydrogen (secondary N) is 1. The molecule has 1 unspecified atom stereocenters. The number of allylic oxidation sites excluding steroid dienone is 2. The van der Waals surface area contributed by atoms with Crippen LogP contribution in [0, 0.1) is 17.8 Å². The lowest BCUT2D eigenvalue weighted by Gasteiger charge is -2.44. The molecular weight excluding hydrogens is 694 g/mol. The second-order valence-electron chi connectivity index (χ2n) is 14.8. The van der Waals surface area contributed by atoms with E-state index in [-0.39, 0.29) is 22.6 Å². The lowest BCUT2D eigenvalue weighted by atomic mass is 9.69. The molecule has 3 aromatic rings. The Morgan fingerprint density at radius 3 is 2.62 bits per heavy atom. The van der Waals surface area contributed by atoms with E-state index < -0.39 is 28.0 Å². The molecule has 0 aromatic heterocycles. The highest BCUT2D eigenvalue weighted by Crippen LogP contribution is 2.46. The van der Waals surface area contributed by atoms with Crippen molar-refractivity contribution in [3.8, 4) is 5.75 Å². The predicted molar refractivity (Wildman–Crippen MR) is 209 cm³/mol. The van der Waals surface area contributed by atoms with Crippen LogP contribution in [0.5, 0.6) is 5.75 Å². The Morgan fingerprint density at radius 2 is 1.88 bits per heavy atom. The summed E-state index contributed by atoms with van der Waals surface area (Å²) in [4.78, 5) is 29.5. The molecular formula is C42H50ClN3O5S. The van der Waals surface area contributed by atoms with Crippen molar-refractivity contribution in [2.75, 3.05) is 30.3 Å². The molecule has 0 radical (unpaired) electrons. The van der Waals surface area contributed by atoms with Gasteiger partial charge in [-0.2, -0.15) is 0 Å². The van der Waals surface area contributed by atoms with Gasteiger partial charge in [-0.3, -0.25) is 4.79 Å². The van der Waals surface area contributed by atoms with Crippen molar-refractivity contribution in [1.29, 1.82) is 0 Å². The maximum Gasteiger partial charge on any atom is 0.420 e. The van der Waals surface area contributed by atoms with Crippen LogP contribution in [-0.2, 0) is 26.5 Å². The Bertz CT molecular complexity index is 1930. The van der Waals surface area contributed by atoms with E-state index in [1.807, 2.05) is 61.5 Å². The molecule has 1 heterocycles. The van der Waals surface area contributed by atoms with Crippen LogP contribution in [0.2, 0.25) is 5.02 Å². The summed E-state index contributed by atoms with van der Waals surface area (Å²) in [5, 5.41) is 0.739. The molecule has 1 N–H and O–H groups in total. The molecule has 3 aliphatic rings. The van der Waals surface area contributed by atoms with Crippen molar-refractivity contribution in [2.45, 2.75) is 70.3 Å². The molecule has 0 saturated heterocycles. The highest BCUT2D eigenvalue weighted by molar-refractivity contribution is 7.92. The van der Waals surface area contributed by atoms with E-state index in [2.05, 4.69) is 39.3 Å². The fourth-order valence-corrected chi connectivity index (χ4v) is 10.1. The summed E-state index contributed by atoms with van der Waals surface area (Å²) in [5.41, 5.74) is 4.16. The van der Waals surface area contributed by atoms with Crippen molar-refractivity contribution in [3.63, 3.8) is 0 Å². The van der Waals surface area contributed by atoms with Crippen molar-refractivity contribution in [2.24, 2.45) is 22.1 Å². The minimum absolute atomic E-state index is 0.0436. The van der Waals surface area contributed by atoms with Crippen LogP contribution in [0.3, 0.4) is 0 Å². The standard InChI is InChI=1S/C42H50ClN3O5S/c1-5-11-29(3)26-52(49,45-41(48)51-30(4)31-13-8-7-9-14-31)44-40(47)34-18-21-39-38(24-34)46(25-35-17-16-32(35)12-6-2)27-42(28-50-39)22-10-15-33-23-36(43)19-20-37(33)42/h5-9,13-14,18-21,23-24,29-30,32,35H,1-2,10-12,15-17,22,25-28H2,3-4H3,(H,44,45,47,48,49)/t29-,30-,32+,35-,42-,52?/m0/s1. The van der Waals surface area contributed by atoms with Gasteiger partial charge in [-0.25, -0.2) is 13.7 Å². The largest absolute Gasteiger partial charge is 0.490 e. The van der Waals surface area contributed by atoms with Crippen molar-refractivity contribution in [1.82, 2.24) is 4.72 Å². The molecule has 52 heavy (non-hydrogen) atoms. The zero-order chi connectivity index (χ0) is 36.9. The zero-order valence-electron chi connectivity index (χ0n) is 30.2. The zero-order valence-corrected chi connectivity index (χ0v) is 31.8. The van der Waals surface area contributed by atoms with Gasteiger partial charge in [0.2, 0.25) is 0 Å². The molecule has 276 valence electrons. The highest BCUT2D eigenvalue weighted by atomic mass is 35.5. The number of amides is 2. The summed E-state index contributed by atoms with van der Waals surface area (Å²) < 4.78 is 33.2. The van der Waals surface area contributed by atoms with Crippen LogP contribution in [0.4, 0.5) is 10.5 Å². The van der Waals surface area contributed by atoms with Gasteiger partial charge in [0.05, 0.1) is 18.0 Å². The van der Waals surface area contributed by atoms with Crippen LogP contribution in [0.25, 0.3) is 0 Å². The number of hydrogen-bond donors (Lipinski definition) is 1. The molecule has 0 bridgehead atoms. The third kappa shape index (κ3) is 8.58. The van der Waals surface area contributed by atoms with Gasteiger partial charge in [-0.05, 0) is 117 Å². The quantitative estimate of drug-likeness (QED) is 0.186. The van der Waals surface area contributed by atoms with Gasteiger partial charge >= 0.3 is 6.09 Å². The Labute approximate surface area is 313 Å². The third-order valence-corrected chi connectivity index (χ3v) is 13.1. The first-order valence-corrected chi connectivity index (χ1v) is 20.4. The van der Waals surface area contributed by atoms with Gasteiger partial charge in [0.1, 0.15) is 21.8 Å². The molecule has 2 amide bonds. The van der Waals surface area contributed by atoms with E-state index in [9.17, 15) is 13.8 Å². The number of aryl methyl sites for hydroxylation is 1. The predicted octanol–water partition coefficient (Wildman–Crippen LogP) is 9.64. The molecule has 1 saturated carbocycles. The number of halogens is 1. The maximum atomic E-state index is 14.3. The minimum Gasteiger partial charge on any atom is -0.490 e. The number of benzene rings is 3. The molecule has 3 aromatic carbocycles. The summed E-state index contributed by atoms with van der Waals surface area (Å²) in [5.74, 6) is 0.858. The number of fused-ring (bicyclic) bond motifs is 3. The summed E-state index contributed by atoms with van der Waals surface area (Å²) >= 11 is 6.44. The molecule has 1 spiro atoms. The topological polar surface area (TPSA) is 97.3 Å². The van der Waals surface area contributed by atoms with E-state index >= 15 is 0 Å². The van der Waals surface area contributed by atoms with Crippen LogP contribution < -0.4 is 14.4 Å². The van der Waals surface area contributed by atoms with Crippen LogP contribution in [-0.4, -0.2) is 41.7 Å². The number of carbonyl (C=O) groups is 2. The van der Waals surface area contributed by atoms with Crippen LogP contribution in [0.1, 0.15) is 85.5 Å². The van der Waals surface area contributed by atoms with Crippen molar-refractivity contribution in [3.05, 3.63) is 119 Å². The maximum absolute atomic E-state index is 14.3. The van der Waals surface area contributed by atoms with Crippen molar-refractivity contribution >= 4 is 39.2 Å². The molecule has 1 aliphatic heterocycles. The Hall–Kier alpha value is -4.08. The third-order valence-electron chi connectivity index (χ3n) is 10.9. The normalized spacial score (nSPS) is 22.9. The van der Waals surface area contributed by atoms with Gasteiger partial charge < -0.3 is 14.4 Å². The first-order valence-electron chi connectivity index (χ1n) is 18.4. The van der Waals surface area contributed by atoms with Crippen molar-refractivity contribution < 1.29 is 23.3 Å². The van der Waals surface area contributed by atoms with E-state index in [4.69, 9.17) is 21.1 Å². The molecule has 6 rings (SSSR count). The minimum atomic E-state index is -3.58. The lowest BCUT2D eigenvalue weighted by Crippen LogP contribution is -2.48. The molecule has 2 aliphatic carbocycles. The number of ether oxygens (including phenoxy) is 2. The average molecular weight is 744 g/mol. The van der Waals surface area contributed by atoms with E-state index in [1.165, 1.54) is 17.5 Å². The highest BCUT2D eigenvalue weighted by Gasteiger charge is 2.43. The van der Waals surface area contributed by atoms with Gasteiger partial charge in [0, 0.05) is 29.1 Å². The second kappa shape index (κ2) is 16.3. The van der Waals surface area contributed by atoms with E-state index in [0.29, 0.717) is 30.6 Å². The summed E-state index contributed by atoms with van der Waals surface area (Å²) in [6, 6.07) is 20.8. The number of rotatable bonds is 12. The van der Waals surface area contributed by atoms with E-state index in [1.54, 1.807) is 19.1 Å². The van der Waals surface area contributed by atoms with Gasteiger partial charge in [-0.1, -0.05) is 67.1 Å². The molecule has 10 heteroatoms.